The van der Waals surface area contributed by atoms with Gasteiger partial charge in [-0.15, -0.1) is 0 Å². The average Bonchev–Trinajstić information content (AvgIpc) is 3.07. The second-order valence-corrected chi connectivity index (χ2v) is 4.77. The fourth-order valence-corrected chi connectivity index (χ4v) is 2.49. The van der Waals surface area contributed by atoms with Crippen molar-refractivity contribution in [3.05, 3.63) is 41.6 Å². The molecule has 0 aliphatic carbocycles. The van der Waals surface area contributed by atoms with E-state index in [0.717, 1.165) is 41.1 Å². The molecular weight excluding hydrogens is 260 g/mol. The lowest BCUT2D eigenvalue weighted by Gasteiger charge is -2.03. The molecule has 5 nitrogen and oxygen atoms in total. The molecule has 19 heavy (non-hydrogen) atoms. The molecular formula is C13H14N4OS. The van der Waals surface area contributed by atoms with Gasteiger partial charge in [0.25, 0.3) is 0 Å². The number of fused-ring (bicyclic) bond motifs is 1. The van der Waals surface area contributed by atoms with E-state index in [1.807, 2.05) is 19.1 Å². The molecule has 0 atom stereocenters. The Morgan fingerprint density at radius 2 is 2.21 bits per heavy atom. The molecule has 1 N–H and O–H groups in total. The standard InChI is InChI=1S/C13H14N4OS/c1-2-12-15-10(8-18-12)7-14-6-9-4-3-5-11-13(9)17-19-16-11/h3-5,8,14H,2,6-7H2,1H3. The van der Waals surface area contributed by atoms with Crippen LogP contribution in [0.2, 0.25) is 0 Å². The smallest absolute Gasteiger partial charge is 0.193 e. The summed E-state index contributed by atoms with van der Waals surface area (Å²) in [5.74, 6) is 0.780. The normalized spacial score (nSPS) is 11.2. The second kappa shape index (κ2) is 5.46. The van der Waals surface area contributed by atoms with Gasteiger partial charge < -0.3 is 9.73 Å². The Morgan fingerprint density at radius 3 is 3.05 bits per heavy atom. The SMILES string of the molecule is CCc1nc(CNCc2cccc3nsnc23)co1. The molecule has 0 saturated heterocycles. The van der Waals surface area contributed by atoms with Crippen molar-refractivity contribution in [2.45, 2.75) is 26.4 Å². The maximum absolute atomic E-state index is 5.30. The van der Waals surface area contributed by atoms with Crippen LogP contribution in [-0.4, -0.2) is 13.7 Å². The predicted molar refractivity (Wildman–Crippen MR) is 73.8 cm³/mol. The van der Waals surface area contributed by atoms with Crippen LogP contribution in [-0.2, 0) is 19.5 Å². The van der Waals surface area contributed by atoms with Crippen LogP contribution in [0, 0.1) is 0 Å². The quantitative estimate of drug-likeness (QED) is 0.774. The van der Waals surface area contributed by atoms with E-state index in [1.54, 1.807) is 6.26 Å². The van der Waals surface area contributed by atoms with Crippen LogP contribution in [0.1, 0.15) is 24.1 Å². The first kappa shape index (κ1) is 12.3. The lowest BCUT2D eigenvalue weighted by Crippen LogP contribution is -2.13. The number of aromatic nitrogens is 3. The molecule has 3 rings (SSSR count). The van der Waals surface area contributed by atoms with Gasteiger partial charge in [-0.25, -0.2) is 4.98 Å². The highest BCUT2D eigenvalue weighted by Gasteiger charge is 2.05. The Hall–Kier alpha value is -1.79. The van der Waals surface area contributed by atoms with Gasteiger partial charge in [0.2, 0.25) is 0 Å². The van der Waals surface area contributed by atoms with Crippen molar-refractivity contribution < 1.29 is 4.42 Å². The minimum absolute atomic E-state index is 0.692. The van der Waals surface area contributed by atoms with Gasteiger partial charge in [-0.3, -0.25) is 0 Å². The van der Waals surface area contributed by atoms with E-state index in [4.69, 9.17) is 4.42 Å². The van der Waals surface area contributed by atoms with Gasteiger partial charge in [0.15, 0.2) is 5.89 Å². The number of nitrogens with zero attached hydrogens (tertiary/aromatic N) is 3. The molecule has 0 aliphatic heterocycles. The van der Waals surface area contributed by atoms with Gasteiger partial charge >= 0.3 is 0 Å². The van der Waals surface area contributed by atoms with Crippen LogP contribution >= 0.6 is 11.7 Å². The molecule has 0 radical (unpaired) electrons. The minimum atomic E-state index is 0.692. The Labute approximate surface area is 115 Å². The average molecular weight is 274 g/mol. The van der Waals surface area contributed by atoms with E-state index in [0.29, 0.717) is 6.54 Å². The molecule has 0 fully saturated rings. The molecule has 0 amide bonds. The molecule has 2 heterocycles. The number of nitrogens with one attached hydrogen (secondary N) is 1. The summed E-state index contributed by atoms with van der Waals surface area (Å²) in [5.41, 5.74) is 4.03. The van der Waals surface area contributed by atoms with E-state index in [1.165, 1.54) is 11.7 Å². The molecule has 0 unspecified atom stereocenters. The molecule has 3 aromatic rings. The summed E-state index contributed by atoms with van der Waals surface area (Å²) in [7, 11) is 0. The Kier molecular flexibility index (Phi) is 3.52. The molecule has 2 aromatic heterocycles. The highest BCUT2D eigenvalue weighted by molar-refractivity contribution is 7.00. The first-order valence-electron chi connectivity index (χ1n) is 6.21. The largest absolute Gasteiger partial charge is 0.449 e. The van der Waals surface area contributed by atoms with Crippen molar-refractivity contribution >= 4 is 22.8 Å². The van der Waals surface area contributed by atoms with Crippen LogP contribution < -0.4 is 5.32 Å². The summed E-state index contributed by atoms with van der Waals surface area (Å²) in [6, 6.07) is 6.05. The topological polar surface area (TPSA) is 63.8 Å². The zero-order valence-electron chi connectivity index (χ0n) is 10.6. The zero-order valence-corrected chi connectivity index (χ0v) is 11.4. The van der Waals surface area contributed by atoms with Crippen molar-refractivity contribution in [1.29, 1.82) is 0 Å². The number of benzene rings is 1. The van der Waals surface area contributed by atoms with Crippen LogP contribution in [0.15, 0.2) is 28.9 Å². The summed E-state index contributed by atoms with van der Waals surface area (Å²) in [6.07, 6.45) is 2.53. The van der Waals surface area contributed by atoms with Gasteiger partial charge in [0.1, 0.15) is 17.3 Å². The van der Waals surface area contributed by atoms with Gasteiger partial charge in [-0.2, -0.15) is 8.75 Å². The summed E-state index contributed by atoms with van der Waals surface area (Å²) in [6.45, 7) is 3.47. The third-order valence-electron chi connectivity index (χ3n) is 2.89. The highest BCUT2D eigenvalue weighted by atomic mass is 32.1. The van der Waals surface area contributed by atoms with E-state index in [-0.39, 0.29) is 0 Å². The van der Waals surface area contributed by atoms with Crippen LogP contribution in [0.25, 0.3) is 11.0 Å². The fourth-order valence-electron chi connectivity index (χ4n) is 1.92. The zero-order chi connectivity index (χ0) is 13.1. The van der Waals surface area contributed by atoms with Crippen LogP contribution in [0.4, 0.5) is 0 Å². The summed E-state index contributed by atoms with van der Waals surface area (Å²) in [4.78, 5) is 4.36. The van der Waals surface area contributed by atoms with Gasteiger partial charge in [-0.05, 0) is 11.6 Å². The maximum Gasteiger partial charge on any atom is 0.193 e. The van der Waals surface area contributed by atoms with E-state index in [2.05, 4.69) is 25.1 Å². The summed E-state index contributed by atoms with van der Waals surface area (Å²) < 4.78 is 13.9. The number of aryl methyl sites for hydroxylation is 1. The lowest BCUT2D eigenvalue weighted by molar-refractivity contribution is 0.500. The van der Waals surface area contributed by atoms with Crippen molar-refractivity contribution in [2.24, 2.45) is 0 Å². The molecule has 98 valence electrons. The lowest BCUT2D eigenvalue weighted by atomic mass is 10.2. The predicted octanol–water partition coefficient (Wildman–Crippen LogP) is 2.53. The van der Waals surface area contributed by atoms with E-state index in [9.17, 15) is 0 Å². The van der Waals surface area contributed by atoms with E-state index < -0.39 is 0 Å². The monoisotopic (exact) mass is 274 g/mol. The molecule has 0 bridgehead atoms. The fraction of sp³-hybridized carbons (Fsp3) is 0.308. The Balaban J connectivity index is 1.64. The molecule has 6 heteroatoms. The third-order valence-corrected chi connectivity index (χ3v) is 3.44. The maximum atomic E-state index is 5.30. The molecule has 0 spiro atoms. The number of hydrogen-bond donors (Lipinski definition) is 1. The molecule has 0 saturated carbocycles. The highest BCUT2D eigenvalue weighted by Crippen LogP contribution is 2.16. The molecule has 1 aromatic carbocycles. The summed E-state index contributed by atoms with van der Waals surface area (Å²) in [5, 5.41) is 3.35. The first-order chi connectivity index (χ1) is 9.36. The van der Waals surface area contributed by atoms with Crippen LogP contribution in [0.5, 0.6) is 0 Å². The minimum Gasteiger partial charge on any atom is -0.449 e. The summed E-state index contributed by atoms with van der Waals surface area (Å²) >= 11 is 1.25. The number of oxazole rings is 1. The Morgan fingerprint density at radius 1 is 1.26 bits per heavy atom. The first-order valence-corrected chi connectivity index (χ1v) is 6.94. The van der Waals surface area contributed by atoms with Crippen molar-refractivity contribution in [3.63, 3.8) is 0 Å². The van der Waals surface area contributed by atoms with Crippen molar-refractivity contribution in [1.82, 2.24) is 19.0 Å². The van der Waals surface area contributed by atoms with E-state index >= 15 is 0 Å². The van der Waals surface area contributed by atoms with Gasteiger partial charge in [0, 0.05) is 19.5 Å². The van der Waals surface area contributed by atoms with Crippen molar-refractivity contribution in [2.75, 3.05) is 0 Å². The number of hydrogen-bond acceptors (Lipinski definition) is 6. The van der Waals surface area contributed by atoms with Crippen LogP contribution in [0.3, 0.4) is 0 Å². The molecule has 0 aliphatic rings. The van der Waals surface area contributed by atoms with Gasteiger partial charge in [0.05, 0.1) is 17.4 Å². The van der Waals surface area contributed by atoms with Crippen molar-refractivity contribution in [3.8, 4) is 0 Å². The number of rotatable bonds is 5. The van der Waals surface area contributed by atoms with Gasteiger partial charge in [-0.1, -0.05) is 19.1 Å². The Bertz CT molecular complexity index is 676. The third kappa shape index (κ3) is 2.64. The second-order valence-electron chi connectivity index (χ2n) is 4.24.